The summed E-state index contributed by atoms with van der Waals surface area (Å²) < 4.78 is 24.2. The van der Waals surface area contributed by atoms with Crippen LogP contribution in [0.25, 0.3) is 10.9 Å². The van der Waals surface area contributed by atoms with Crippen molar-refractivity contribution in [3.63, 3.8) is 0 Å². The van der Waals surface area contributed by atoms with Gasteiger partial charge in [-0.3, -0.25) is 9.36 Å². The molecular weight excluding hydrogens is 276 g/mol. The first kappa shape index (κ1) is 13.0. The van der Waals surface area contributed by atoms with Crippen molar-refractivity contribution in [1.29, 1.82) is 0 Å². The number of benzene rings is 1. The van der Waals surface area contributed by atoms with Gasteiger partial charge < -0.3 is 0 Å². The van der Waals surface area contributed by atoms with Crippen LogP contribution >= 0.6 is 10.7 Å². The lowest BCUT2D eigenvalue weighted by Gasteiger charge is -2.06. The Bertz CT molecular complexity index is 752. The van der Waals surface area contributed by atoms with E-state index in [0.717, 1.165) is 6.42 Å². The number of fused-ring (bicyclic) bond motifs is 1. The maximum Gasteiger partial charge on any atom is 0.263 e. The van der Waals surface area contributed by atoms with Gasteiger partial charge in [-0.1, -0.05) is 13.0 Å². The minimum Gasteiger partial charge on any atom is -0.299 e. The van der Waals surface area contributed by atoms with E-state index in [2.05, 4.69) is 4.98 Å². The Balaban J connectivity index is 2.83. The molecule has 0 amide bonds. The standard InChI is InChI=1S/C11H11ClN2O3S/c1-2-6-14-7-13-10-8(11(14)15)4-3-5-9(10)18(12,16)17/h3-5,7H,2,6H2,1H3. The molecule has 0 bridgehead atoms. The molecule has 2 rings (SSSR count). The molecule has 0 spiro atoms. The number of aromatic nitrogens is 2. The lowest BCUT2D eigenvalue weighted by atomic mass is 10.2. The van der Waals surface area contributed by atoms with Crippen LogP contribution < -0.4 is 5.56 Å². The lowest BCUT2D eigenvalue weighted by molar-refractivity contribution is 0.610. The molecule has 0 fully saturated rings. The molecule has 1 aromatic heterocycles. The molecule has 0 aliphatic heterocycles. The largest absolute Gasteiger partial charge is 0.299 e. The Morgan fingerprint density at radius 3 is 2.72 bits per heavy atom. The zero-order valence-electron chi connectivity index (χ0n) is 9.63. The van der Waals surface area contributed by atoms with Gasteiger partial charge in [-0.15, -0.1) is 0 Å². The SMILES string of the molecule is CCCn1cnc2c(S(=O)(=O)Cl)cccc2c1=O. The van der Waals surface area contributed by atoms with Crippen LogP contribution in [0.15, 0.2) is 34.2 Å². The molecule has 0 saturated heterocycles. The van der Waals surface area contributed by atoms with Crippen LogP contribution in [0.1, 0.15) is 13.3 Å². The highest BCUT2D eigenvalue weighted by Gasteiger charge is 2.16. The Kier molecular flexibility index (Phi) is 3.41. The van der Waals surface area contributed by atoms with Gasteiger partial charge in [0.1, 0.15) is 4.90 Å². The second kappa shape index (κ2) is 4.70. The Morgan fingerprint density at radius 2 is 2.11 bits per heavy atom. The van der Waals surface area contributed by atoms with E-state index in [9.17, 15) is 13.2 Å². The molecule has 0 atom stereocenters. The molecule has 0 unspecified atom stereocenters. The number of hydrogen-bond donors (Lipinski definition) is 0. The van der Waals surface area contributed by atoms with Crippen molar-refractivity contribution in [2.24, 2.45) is 0 Å². The summed E-state index contributed by atoms with van der Waals surface area (Å²) in [6.45, 7) is 2.48. The first-order valence-electron chi connectivity index (χ1n) is 5.38. The summed E-state index contributed by atoms with van der Waals surface area (Å²) in [6.07, 6.45) is 2.14. The van der Waals surface area contributed by atoms with Crippen LogP contribution in [-0.2, 0) is 15.6 Å². The summed E-state index contributed by atoms with van der Waals surface area (Å²) in [6, 6.07) is 4.36. The molecule has 0 radical (unpaired) electrons. The van der Waals surface area contributed by atoms with Crippen LogP contribution in [0.5, 0.6) is 0 Å². The molecule has 2 aromatic rings. The minimum absolute atomic E-state index is 0.116. The highest BCUT2D eigenvalue weighted by molar-refractivity contribution is 8.14. The molecule has 7 heteroatoms. The van der Waals surface area contributed by atoms with Gasteiger partial charge in [0, 0.05) is 17.2 Å². The summed E-state index contributed by atoms with van der Waals surface area (Å²) >= 11 is 0. The average molecular weight is 287 g/mol. The summed E-state index contributed by atoms with van der Waals surface area (Å²) in [5.41, 5.74) is -0.145. The fourth-order valence-electron chi connectivity index (χ4n) is 1.76. The quantitative estimate of drug-likeness (QED) is 0.806. The number of nitrogens with zero attached hydrogens (tertiary/aromatic N) is 2. The van der Waals surface area contributed by atoms with Crippen molar-refractivity contribution in [2.75, 3.05) is 0 Å². The maximum atomic E-state index is 12.1. The van der Waals surface area contributed by atoms with Gasteiger partial charge in [-0.2, -0.15) is 0 Å². The highest BCUT2D eigenvalue weighted by Crippen LogP contribution is 2.21. The van der Waals surface area contributed by atoms with E-state index >= 15 is 0 Å². The monoisotopic (exact) mass is 286 g/mol. The normalized spacial score (nSPS) is 11.9. The molecule has 96 valence electrons. The molecular formula is C11H11ClN2O3S. The summed E-state index contributed by atoms with van der Waals surface area (Å²) in [5, 5.41) is 0.257. The summed E-state index contributed by atoms with van der Waals surface area (Å²) in [5.74, 6) is 0. The van der Waals surface area contributed by atoms with E-state index in [1.807, 2.05) is 6.92 Å². The van der Waals surface area contributed by atoms with Crippen molar-refractivity contribution < 1.29 is 8.42 Å². The van der Waals surface area contributed by atoms with E-state index in [1.54, 1.807) is 6.07 Å². The number of hydrogen-bond acceptors (Lipinski definition) is 4. The minimum atomic E-state index is -3.91. The molecule has 1 aromatic carbocycles. The molecule has 0 aliphatic carbocycles. The van der Waals surface area contributed by atoms with Gasteiger partial charge in [0.2, 0.25) is 0 Å². The van der Waals surface area contributed by atoms with E-state index in [4.69, 9.17) is 10.7 Å². The fraction of sp³-hybridized carbons (Fsp3) is 0.273. The van der Waals surface area contributed by atoms with Crippen molar-refractivity contribution in [2.45, 2.75) is 24.8 Å². The van der Waals surface area contributed by atoms with Crippen molar-refractivity contribution in [3.8, 4) is 0 Å². The van der Waals surface area contributed by atoms with Gasteiger partial charge in [-0.25, -0.2) is 13.4 Å². The molecule has 0 N–H and O–H groups in total. The predicted molar refractivity (Wildman–Crippen MR) is 69.3 cm³/mol. The summed E-state index contributed by atoms with van der Waals surface area (Å²) in [7, 11) is 1.40. The first-order valence-corrected chi connectivity index (χ1v) is 7.69. The van der Waals surface area contributed by atoms with Crippen LogP contribution in [-0.4, -0.2) is 18.0 Å². The maximum absolute atomic E-state index is 12.1. The average Bonchev–Trinajstić information content (AvgIpc) is 2.31. The van der Waals surface area contributed by atoms with Crippen molar-refractivity contribution >= 4 is 30.6 Å². The molecule has 5 nitrogen and oxygen atoms in total. The topological polar surface area (TPSA) is 69.0 Å². The third-order valence-corrected chi connectivity index (χ3v) is 3.90. The van der Waals surface area contributed by atoms with E-state index in [1.165, 1.54) is 23.0 Å². The number of para-hydroxylation sites is 1. The third kappa shape index (κ3) is 2.26. The lowest BCUT2D eigenvalue weighted by Crippen LogP contribution is -2.20. The van der Waals surface area contributed by atoms with Crippen LogP contribution in [0.2, 0.25) is 0 Å². The molecule has 0 aliphatic rings. The Labute approximate surface area is 108 Å². The second-order valence-electron chi connectivity index (χ2n) is 3.83. The fourth-order valence-corrected chi connectivity index (χ4v) is 2.77. The number of rotatable bonds is 3. The Morgan fingerprint density at radius 1 is 1.39 bits per heavy atom. The predicted octanol–water partition coefficient (Wildman–Crippen LogP) is 1.73. The van der Waals surface area contributed by atoms with Crippen molar-refractivity contribution in [3.05, 3.63) is 34.9 Å². The second-order valence-corrected chi connectivity index (χ2v) is 6.37. The van der Waals surface area contributed by atoms with E-state index in [0.29, 0.717) is 6.54 Å². The van der Waals surface area contributed by atoms with Crippen LogP contribution in [0.4, 0.5) is 0 Å². The summed E-state index contributed by atoms with van der Waals surface area (Å²) in [4.78, 5) is 16.0. The highest BCUT2D eigenvalue weighted by atomic mass is 35.7. The van der Waals surface area contributed by atoms with Gasteiger partial charge in [0.25, 0.3) is 14.6 Å². The first-order chi connectivity index (χ1) is 8.45. The number of aryl methyl sites for hydroxylation is 1. The van der Waals surface area contributed by atoms with Crippen LogP contribution in [0, 0.1) is 0 Å². The van der Waals surface area contributed by atoms with Crippen LogP contribution in [0.3, 0.4) is 0 Å². The van der Waals surface area contributed by atoms with Gasteiger partial charge in [0.05, 0.1) is 17.2 Å². The van der Waals surface area contributed by atoms with Gasteiger partial charge >= 0.3 is 0 Å². The molecule has 1 heterocycles. The smallest absolute Gasteiger partial charge is 0.263 e. The van der Waals surface area contributed by atoms with Crippen molar-refractivity contribution in [1.82, 2.24) is 9.55 Å². The van der Waals surface area contributed by atoms with E-state index in [-0.39, 0.29) is 21.4 Å². The van der Waals surface area contributed by atoms with E-state index < -0.39 is 9.05 Å². The molecule has 0 saturated carbocycles. The van der Waals surface area contributed by atoms with Gasteiger partial charge in [0.15, 0.2) is 0 Å². The van der Waals surface area contributed by atoms with Gasteiger partial charge in [-0.05, 0) is 18.6 Å². The number of halogens is 1. The zero-order chi connectivity index (χ0) is 13.3. The Hall–Kier alpha value is -1.40. The molecule has 18 heavy (non-hydrogen) atoms. The zero-order valence-corrected chi connectivity index (χ0v) is 11.2. The third-order valence-electron chi connectivity index (χ3n) is 2.54.